The van der Waals surface area contributed by atoms with Crippen LogP contribution in [0.15, 0.2) is 70.6 Å². The Morgan fingerprint density at radius 2 is 1.71 bits per heavy atom. The predicted octanol–water partition coefficient (Wildman–Crippen LogP) is 4.40. The summed E-state index contributed by atoms with van der Waals surface area (Å²) in [6.07, 6.45) is 0. The number of ether oxygens (including phenoxy) is 1. The molecule has 0 amide bonds. The minimum atomic E-state index is 0.912. The van der Waals surface area contributed by atoms with Crippen LogP contribution in [-0.2, 0) is 7.05 Å². The van der Waals surface area contributed by atoms with Crippen LogP contribution < -0.4 is 8.69 Å². The Hall–Kier alpha value is -1.78. The van der Waals surface area contributed by atoms with Crippen LogP contribution in [0, 0.1) is 0 Å². The Kier molecular flexibility index (Phi) is 4.27. The summed E-state index contributed by atoms with van der Waals surface area (Å²) in [6, 6.07) is 20.8. The topological polar surface area (TPSA) is 13.1 Å². The first kappa shape index (κ1) is 14.2. The highest BCUT2D eigenvalue weighted by molar-refractivity contribution is 7.99. The molecule has 0 saturated carbocycles. The fraction of sp³-hybridized carbons (Fsp3) is 0.118. The molecule has 0 aliphatic heterocycles. The van der Waals surface area contributed by atoms with Crippen LogP contribution >= 0.6 is 23.3 Å². The summed E-state index contributed by atoms with van der Waals surface area (Å²) < 4.78 is 7.62. The summed E-state index contributed by atoms with van der Waals surface area (Å²) >= 11 is 3.48. The molecule has 0 aliphatic rings. The molecule has 2 aromatic carbocycles. The van der Waals surface area contributed by atoms with E-state index in [1.54, 1.807) is 30.4 Å². The number of nitrogens with zero attached hydrogens (tertiary/aromatic N) is 1. The van der Waals surface area contributed by atoms with Crippen molar-refractivity contribution in [1.29, 1.82) is 0 Å². The molecule has 3 aromatic rings. The highest BCUT2D eigenvalue weighted by Gasteiger charge is 2.18. The molecule has 0 N–H and O–H groups in total. The van der Waals surface area contributed by atoms with Gasteiger partial charge in [-0.1, -0.05) is 42.5 Å². The molecule has 0 bridgehead atoms. The number of methoxy groups -OCH3 is 1. The average Bonchev–Trinajstić information content (AvgIpc) is 2.90. The molecule has 0 aliphatic carbocycles. The maximum Gasteiger partial charge on any atom is 0.259 e. The molecule has 0 fully saturated rings. The standard InChI is InChI=1S/C17H16NOS2/c1-18-17(20-15-11-7-6-10-14(15)19-2)12-16(21-18)13-8-4-3-5-9-13/h3-12H,1-2H3/q+1. The van der Waals surface area contributed by atoms with E-state index in [0.29, 0.717) is 0 Å². The minimum Gasteiger partial charge on any atom is -0.496 e. The Morgan fingerprint density at radius 1 is 1.00 bits per heavy atom. The molecular weight excluding hydrogens is 298 g/mol. The van der Waals surface area contributed by atoms with Gasteiger partial charge in [-0.2, -0.15) is 0 Å². The molecule has 0 saturated heterocycles. The molecule has 2 nitrogen and oxygen atoms in total. The van der Waals surface area contributed by atoms with E-state index in [4.69, 9.17) is 4.74 Å². The summed E-state index contributed by atoms with van der Waals surface area (Å²) in [6.45, 7) is 0. The van der Waals surface area contributed by atoms with Gasteiger partial charge in [0.15, 0.2) is 7.05 Å². The van der Waals surface area contributed by atoms with Crippen LogP contribution in [0.1, 0.15) is 0 Å². The highest BCUT2D eigenvalue weighted by Crippen LogP contribution is 2.36. The van der Waals surface area contributed by atoms with Gasteiger partial charge < -0.3 is 4.74 Å². The summed E-state index contributed by atoms with van der Waals surface area (Å²) in [5.74, 6) is 0.912. The fourth-order valence-corrected chi connectivity index (χ4v) is 4.14. The molecule has 106 valence electrons. The van der Waals surface area contributed by atoms with Gasteiger partial charge in [-0.3, -0.25) is 0 Å². The molecule has 1 heterocycles. The Labute approximate surface area is 133 Å². The Balaban J connectivity index is 1.92. The lowest BCUT2D eigenvalue weighted by Gasteiger charge is -2.04. The van der Waals surface area contributed by atoms with Crippen molar-refractivity contribution in [3.8, 4) is 16.2 Å². The third-order valence-electron chi connectivity index (χ3n) is 3.14. The molecule has 1 aromatic heterocycles. The number of benzene rings is 2. The summed E-state index contributed by atoms with van der Waals surface area (Å²) in [5, 5.41) is 1.21. The second kappa shape index (κ2) is 6.33. The summed E-state index contributed by atoms with van der Waals surface area (Å²) in [7, 11) is 3.80. The van der Waals surface area contributed by atoms with Gasteiger partial charge >= 0.3 is 0 Å². The van der Waals surface area contributed by atoms with Gasteiger partial charge in [0.25, 0.3) is 5.03 Å². The van der Waals surface area contributed by atoms with E-state index < -0.39 is 0 Å². The number of hydrogen-bond donors (Lipinski definition) is 0. The third-order valence-corrected chi connectivity index (χ3v) is 5.44. The van der Waals surface area contributed by atoms with Crippen LogP contribution in [0.25, 0.3) is 10.4 Å². The minimum absolute atomic E-state index is 0.912. The van der Waals surface area contributed by atoms with Gasteiger partial charge in [-0.15, -0.1) is 3.96 Å². The molecule has 0 unspecified atom stereocenters. The maximum atomic E-state index is 5.42. The van der Waals surface area contributed by atoms with Gasteiger partial charge in [0, 0.05) is 6.07 Å². The normalized spacial score (nSPS) is 10.6. The molecule has 21 heavy (non-hydrogen) atoms. The van der Waals surface area contributed by atoms with Crippen molar-refractivity contribution < 1.29 is 8.69 Å². The fourth-order valence-electron chi connectivity index (χ4n) is 2.07. The van der Waals surface area contributed by atoms with Crippen LogP contribution in [0.4, 0.5) is 0 Å². The van der Waals surface area contributed by atoms with Crippen LogP contribution in [0.3, 0.4) is 0 Å². The van der Waals surface area contributed by atoms with Gasteiger partial charge in [0.2, 0.25) is 0 Å². The smallest absolute Gasteiger partial charge is 0.259 e. The third kappa shape index (κ3) is 3.12. The van der Waals surface area contributed by atoms with Gasteiger partial charge in [-0.05, 0) is 29.5 Å². The number of hydrogen-bond acceptors (Lipinski definition) is 3. The van der Waals surface area contributed by atoms with E-state index in [9.17, 15) is 0 Å². The van der Waals surface area contributed by atoms with Crippen molar-refractivity contribution in [2.24, 2.45) is 7.05 Å². The molecule has 0 radical (unpaired) electrons. The lowest BCUT2D eigenvalue weighted by molar-refractivity contribution is -0.640. The Bertz CT molecular complexity index is 738. The zero-order chi connectivity index (χ0) is 14.7. The largest absolute Gasteiger partial charge is 0.496 e. The summed E-state index contributed by atoms with van der Waals surface area (Å²) in [4.78, 5) is 2.41. The monoisotopic (exact) mass is 314 g/mol. The number of para-hydroxylation sites is 1. The van der Waals surface area contributed by atoms with Crippen molar-refractivity contribution in [1.82, 2.24) is 0 Å². The van der Waals surface area contributed by atoms with E-state index in [2.05, 4.69) is 47.4 Å². The van der Waals surface area contributed by atoms with Crippen molar-refractivity contribution in [2.45, 2.75) is 9.92 Å². The number of aryl methyl sites for hydroxylation is 1. The van der Waals surface area contributed by atoms with Crippen LogP contribution in [0.5, 0.6) is 5.75 Å². The van der Waals surface area contributed by atoms with E-state index >= 15 is 0 Å². The molecule has 0 spiro atoms. The number of aromatic nitrogens is 1. The van der Waals surface area contributed by atoms with E-state index in [-0.39, 0.29) is 0 Å². The van der Waals surface area contributed by atoms with Crippen molar-refractivity contribution >= 4 is 23.3 Å². The molecular formula is C17H16NOS2+. The lowest BCUT2D eigenvalue weighted by atomic mass is 10.2. The second-order valence-electron chi connectivity index (χ2n) is 4.55. The molecule has 0 atom stereocenters. The zero-order valence-corrected chi connectivity index (χ0v) is 13.6. The zero-order valence-electron chi connectivity index (χ0n) is 11.9. The maximum absolute atomic E-state index is 5.42. The van der Waals surface area contributed by atoms with E-state index in [0.717, 1.165) is 10.6 Å². The first-order chi connectivity index (χ1) is 10.3. The van der Waals surface area contributed by atoms with Gasteiger partial charge in [0.1, 0.15) is 22.2 Å². The van der Waals surface area contributed by atoms with Gasteiger partial charge in [-0.25, -0.2) is 0 Å². The average molecular weight is 314 g/mol. The quantitative estimate of drug-likeness (QED) is 0.662. The van der Waals surface area contributed by atoms with E-state index in [1.807, 2.05) is 24.3 Å². The van der Waals surface area contributed by atoms with E-state index in [1.165, 1.54) is 15.5 Å². The first-order valence-electron chi connectivity index (χ1n) is 6.64. The summed E-state index contributed by atoms with van der Waals surface area (Å²) in [5.41, 5.74) is 1.25. The SMILES string of the molecule is COc1ccccc1Sc1cc(-c2ccccc2)s[n+]1C. The predicted molar refractivity (Wildman–Crippen MR) is 88.0 cm³/mol. The second-order valence-corrected chi connectivity index (χ2v) is 6.79. The van der Waals surface area contributed by atoms with Crippen molar-refractivity contribution in [2.75, 3.05) is 7.11 Å². The van der Waals surface area contributed by atoms with Crippen molar-refractivity contribution in [3.05, 3.63) is 60.7 Å². The van der Waals surface area contributed by atoms with Crippen molar-refractivity contribution in [3.63, 3.8) is 0 Å². The first-order valence-corrected chi connectivity index (χ1v) is 8.23. The van der Waals surface area contributed by atoms with Gasteiger partial charge in [0.05, 0.1) is 12.0 Å². The molecule has 4 heteroatoms. The lowest BCUT2D eigenvalue weighted by Crippen LogP contribution is -2.23. The highest BCUT2D eigenvalue weighted by atomic mass is 32.2. The van der Waals surface area contributed by atoms with Crippen LogP contribution in [0.2, 0.25) is 0 Å². The number of rotatable bonds is 4. The Morgan fingerprint density at radius 3 is 2.48 bits per heavy atom. The van der Waals surface area contributed by atoms with Crippen LogP contribution in [-0.4, -0.2) is 7.11 Å². The molecule has 3 rings (SSSR count).